The normalized spacial score (nSPS) is 16.4. The summed E-state index contributed by atoms with van der Waals surface area (Å²) in [5, 5.41) is 6.07. The number of hydrogen-bond acceptors (Lipinski definition) is 1. The Balaban J connectivity index is 1.71. The van der Waals surface area contributed by atoms with Crippen molar-refractivity contribution in [2.75, 3.05) is 5.32 Å². The highest BCUT2D eigenvalue weighted by Gasteiger charge is 2.23. The molecule has 0 fully saturated rings. The lowest BCUT2D eigenvalue weighted by Crippen LogP contribution is -2.32. The number of aryl methyl sites for hydroxylation is 3. The number of amides is 2. The Morgan fingerprint density at radius 1 is 1.05 bits per heavy atom. The van der Waals surface area contributed by atoms with Crippen molar-refractivity contribution >= 4 is 11.7 Å². The fourth-order valence-electron chi connectivity index (χ4n) is 3.03. The first kappa shape index (κ1) is 13.7. The molecule has 108 valence electrons. The SMILES string of the molecule is Cc1cccc(C)c1NC(=O)N[C@@H]1CCc2ccccc21. The van der Waals surface area contributed by atoms with Crippen LogP contribution in [0.1, 0.15) is 34.7 Å². The Bertz CT molecular complexity index is 658. The minimum Gasteiger partial charge on any atom is -0.331 e. The molecular formula is C18H20N2O. The van der Waals surface area contributed by atoms with E-state index in [-0.39, 0.29) is 12.1 Å². The standard InChI is InChI=1S/C18H20N2O/c1-12-6-5-7-13(2)17(12)20-18(21)19-16-11-10-14-8-3-4-9-15(14)16/h3-9,16H,10-11H2,1-2H3,(H2,19,20,21)/t16-/m1/s1. The van der Waals surface area contributed by atoms with Crippen molar-refractivity contribution in [2.24, 2.45) is 0 Å². The molecule has 2 aromatic carbocycles. The third-order valence-electron chi connectivity index (χ3n) is 4.16. The molecule has 0 aliphatic heterocycles. The van der Waals surface area contributed by atoms with Gasteiger partial charge in [0.15, 0.2) is 0 Å². The predicted molar refractivity (Wildman–Crippen MR) is 85.6 cm³/mol. The van der Waals surface area contributed by atoms with E-state index in [4.69, 9.17) is 0 Å². The summed E-state index contributed by atoms with van der Waals surface area (Å²) in [4.78, 5) is 12.3. The molecule has 0 unspecified atom stereocenters. The Morgan fingerprint density at radius 2 is 1.76 bits per heavy atom. The Kier molecular flexibility index (Phi) is 3.65. The molecular weight excluding hydrogens is 260 g/mol. The van der Waals surface area contributed by atoms with E-state index in [1.807, 2.05) is 38.1 Å². The first-order valence-electron chi connectivity index (χ1n) is 7.36. The number of carbonyl (C=O) groups is 1. The van der Waals surface area contributed by atoms with E-state index in [9.17, 15) is 4.79 Å². The van der Waals surface area contributed by atoms with Gasteiger partial charge in [-0.1, -0.05) is 42.5 Å². The number of para-hydroxylation sites is 1. The lowest BCUT2D eigenvalue weighted by Gasteiger charge is -2.17. The van der Waals surface area contributed by atoms with Gasteiger partial charge in [-0.15, -0.1) is 0 Å². The molecule has 3 heteroatoms. The number of fused-ring (bicyclic) bond motifs is 1. The number of anilines is 1. The number of urea groups is 1. The van der Waals surface area contributed by atoms with Crippen molar-refractivity contribution < 1.29 is 4.79 Å². The first-order chi connectivity index (χ1) is 10.1. The highest BCUT2D eigenvalue weighted by molar-refractivity contribution is 5.91. The van der Waals surface area contributed by atoms with Crippen LogP contribution in [0.4, 0.5) is 10.5 Å². The van der Waals surface area contributed by atoms with Gasteiger partial charge in [0.05, 0.1) is 6.04 Å². The van der Waals surface area contributed by atoms with Crippen molar-refractivity contribution in [3.63, 3.8) is 0 Å². The van der Waals surface area contributed by atoms with Gasteiger partial charge in [-0.05, 0) is 48.9 Å². The van der Waals surface area contributed by atoms with Crippen LogP contribution in [0, 0.1) is 13.8 Å². The lowest BCUT2D eigenvalue weighted by molar-refractivity contribution is 0.248. The van der Waals surface area contributed by atoms with Crippen molar-refractivity contribution in [3.05, 3.63) is 64.7 Å². The lowest BCUT2D eigenvalue weighted by atomic mass is 10.1. The van der Waals surface area contributed by atoms with Gasteiger partial charge in [-0.3, -0.25) is 0 Å². The van der Waals surface area contributed by atoms with Crippen LogP contribution in [-0.4, -0.2) is 6.03 Å². The van der Waals surface area contributed by atoms with Crippen LogP contribution in [0.3, 0.4) is 0 Å². The molecule has 1 atom stereocenters. The van der Waals surface area contributed by atoms with Crippen LogP contribution in [0.15, 0.2) is 42.5 Å². The summed E-state index contributed by atoms with van der Waals surface area (Å²) >= 11 is 0. The molecule has 0 heterocycles. The molecule has 0 radical (unpaired) electrons. The maximum Gasteiger partial charge on any atom is 0.319 e. The average molecular weight is 280 g/mol. The van der Waals surface area contributed by atoms with Gasteiger partial charge in [0.25, 0.3) is 0 Å². The topological polar surface area (TPSA) is 41.1 Å². The quantitative estimate of drug-likeness (QED) is 0.854. The van der Waals surface area contributed by atoms with E-state index in [1.54, 1.807) is 0 Å². The number of hydrogen-bond donors (Lipinski definition) is 2. The Morgan fingerprint density at radius 3 is 2.52 bits per heavy atom. The van der Waals surface area contributed by atoms with Crippen molar-refractivity contribution in [1.82, 2.24) is 5.32 Å². The predicted octanol–water partition coefficient (Wildman–Crippen LogP) is 4.11. The third-order valence-corrected chi connectivity index (χ3v) is 4.16. The van der Waals surface area contributed by atoms with Crippen LogP contribution in [0.5, 0.6) is 0 Å². The van der Waals surface area contributed by atoms with Crippen LogP contribution in [0.2, 0.25) is 0 Å². The average Bonchev–Trinajstić information content (AvgIpc) is 2.87. The molecule has 2 amide bonds. The van der Waals surface area contributed by atoms with Crippen molar-refractivity contribution in [2.45, 2.75) is 32.7 Å². The van der Waals surface area contributed by atoms with E-state index in [1.165, 1.54) is 11.1 Å². The summed E-state index contributed by atoms with van der Waals surface area (Å²) < 4.78 is 0. The van der Waals surface area contributed by atoms with E-state index >= 15 is 0 Å². The van der Waals surface area contributed by atoms with Gasteiger partial charge in [-0.2, -0.15) is 0 Å². The Hall–Kier alpha value is -2.29. The summed E-state index contributed by atoms with van der Waals surface area (Å²) in [6, 6.07) is 14.3. The zero-order valence-electron chi connectivity index (χ0n) is 12.4. The van der Waals surface area contributed by atoms with Crippen LogP contribution in [0.25, 0.3) is 0 Å². The molecule has 0 aromatic heterocycles. The summed E-state index contributed by atoms with van der Waals surface area (Å²) in [7, 11) is 0. The van der Waals surface area contributed by atoms with Gasteiger partial charge in [0.2, 0.25) is 0 Å². The van der Waals surface area contributed by atoms with Gasteiger partial charge < -0.3 is 10.6 Å². The molecule has 0 bridgehead atoms. The number of nitrogens with one attached hydrogen (secondary N) is 2. The maximum absolute atomic E-state index is 12.3. The van der Waals surface area contributed by atoms with Crippen LogP contribution in [-0.2, 0) is 6.42 Å². The number of benzene rings is 2. The van der Waals surface area contributed by atoms with E-state index in [2.05, 4.69) is 28.8 Å². The minimum atomic E-state index is -0.130. The molecule has 1 aliphatic rings. The summed E-state index contributed by atoms with van der Waals surface area (Å²) in [6.07, 6.45) is 2.00. The van der Waals surface area contributed by atoms with Gasteiger partial charge in [0.1, 0.15) is 0 Å². The van der Waals surface area contributed by atoms with E-state index < -0.39 is 0 Å². The molecule has 3 nitrogen and oxygen atoms in total. The molecule has 0 spiro atoms. The van der Waals surface area contributed by atoms with Crippen LogP contribution >= 0.6 is 0 Å². The molecule has 3 rings (SSSR count). The van der Waals surface area contributed by atoms with Crippen molar-refractivity contribution in [3.8, 4) is 0 Å². The fraction of sp³-hybridized carbons (Fsp3) is 0.278. The van der Waals surface area contributed by atoms with Crippen molar-refractivity contribution in [1.29, 1.82) is 0 Å². The molecule has 2 aromatic rings. The largest absolute Gasteiger partial charge is 0.331 e. The third kappa shape index (κ3) is 2.77. The summed E-state index contributed by atoms with van der Waals surface area (Å²) in [6.45, 7) is 4.01. The molecule has 1 aliphatic carbocycles. The zero-order valence-corrected chi connectivity index (χ0v) is 12.4. The monoisotopic (exact) mass is 280 g/mol. The smallest absolute Gasteiger partial charge is 0.319 e. The number of rotatable bonds is 2. The summed E-state index contributed by atoms with van der Waals surface area (Å²) in [5.74, 6) is 0. The highest BCUT2D eigenvalue weighted by Crippen LogP contribution is 2.30. The second kappa shape index (κ2) is 5.60. The molecule has 0 saturated carbocycles. The second-order valence-electron chi connectivity index (χ2n) is 5.66. The molecule has 2 N–H and O–H groups in total. The minimum absolute atomic E-state index is 0.116. The zero-order chi connectivity index (χ0) is 14.8. The molecule has 21 heavy (non-hydrogen) atoms. The first-order valence-corrected chi connectivity index (χ1v) is 7.36. The molecule has 0 saturated heterocycles. The number of carbonyl (C=O) groups excluding carboxylic acids is 1. The fourth-order valence-corrected chi connectivity index (χ4v) is 3.03. The van der Waals surface area contributed by atoms with Gasteiger partial charge >= 0.3 is 6.03 Å². The van der Waals surface area contributed by atoms with Gasteiger partial charge in [-0.25, -0.2) is 4.79 Å². The van der Waals surface area contributed by atoms with Crippen LogP contribution < -0.4 is 10.6 Å². The maximum atomic E-state index is 12.3. The summed E-state index contributed by atoms with van der Waals surface area (Å²) in [5.41, 5.74) is 5.65. The van der Waals surface area contributed by atoms with Gasteiger partial charge in [0, 0.05) is 5.69 Å². The Labute approximate surface area is 125 Å². The van der Waals surface area contributed by atoms with E-state index in [0.717, 1.165) is 29.7 Å². The van der Waals surface area contributed by atoms with E-state index in [0.29, 0.717) is 0 Å². The second-order valence-corrected chi connectivity index (χ2v) is 5.66. The highest BCUT2D eigenvalue weighted by atomic mass is 16.2.